The minimum atomic E-state index is -0.644. The molecule has 0 bridgehead atoms. The maximum Gasteiger partial charge on any atom is 0.179 e. The molecule has 5 nitrogen and oxygen atoms in total. The summed E-state index contributed by atoms with van der Waals surface area (Å²) in [6.45, 7) is 0.710. The molecule has 7 heteroatoms. The van der Waals surface area contributed by atoms with E-state index in [0.717, 1.165) is 5.56 Å². The molecule has 0 spiro atoms. The van der Waals surface area contributed by atoms with Crippen LogP contribution in [0.4, 0.5) is 0 Å². The molecule has 0 radical (unpaired) electrons. The Morgan fingerprint density at radius 1 is 1.48 bits per heavy atom. The number of hydrogen-bond donors (Lipinski definition) is 1. The van der Waals surface area contributed by atoms with E-state index in [1.807, 2.05) is 24.4 Å². The minimum Gasteiger partial charge on any atom is -0.391 e. The Labute approximate surface area is 142 Å². The van der Waals surface area contributed by atoms with E-state index in [0.29, 0.717) is 28.0 Å². The van der Waals surface area contributed by atoms with Gasteiger partial charge in [-0.05, 0) is 6.07 Å². The summed E-state index contributed by atoms with van der Waals surface area (Å²) in [5.74, 6) is -0.280. The molecule has 1 aliphatic heterocycles. The number of rotatable bonds is 4. The van der Waals surface area contributed by atoms with E-state index >= 15 is 0 Å². The minimum absolute atomic E-state index is 0.0651. The molecule has 2 heterocycles. The van der Waals surface area contributed by atoms with Crippen LogP contribution in [0.1, 0.15) is 16.1 Å². The molecular weight excluding hydrogens is 334 g/mol. The van der Waals surface area contributed by atoms with Crippen LogP contribution in [0.25, 0.3) is 10.6 Å². The number of aromatic nitrogens is 1. The molecule has 0 amide bonds. The molecule has 1 aromatic carbocycles. The van der Waals surface area contributed by atoms with Crippen LogP contribution in [0.15, 0.2) is 30.5 Å². The van der Waals surface area contributed by atoms with Gasteiger partial charge >= 0.3 is 0 Å². The Hall–Kier alpha value is -1.94. The van der Waals surface area contributed by atoms with Crippen molar-refractivity contribution < 1.29 is 9.90 Å². The molecule has 1 N–H and O–H groups in total. The van der Waals surface area contributed by atoms with Crippen LogP contribution in [0.3, 0.4) is 0 Å². The third kappa shape index (κ3) is 3.37. The fourth-order valence-corrected chi connectivity index (χ4v) is 3.82. The van der Waals surface area contributed by atoms with Crippen molar-refractivity contribution in [3.8, 4) is 16.8 Å². The predicted octanol–water partition coefficient (Wildman–Crippen LogP) is 2.81. The number of ketones is 1. The summed E-state index contributed by atoms with van der Waals surface area (Å²) in [6.07, 6.45) is 3.13. The lowest BCUT2D eigenvalue weighted by molar-refractivity contribution is 0.0897. The Kier molecular flexibility index (Phi) is 4.62. The molecule has 1 aromatic heterocycles. The quantitative estimate of drug-likeness (QED) is 0.679. The van der Waals surface area contributed by atoms with Crippen LogP contribution in [-0.2, 0) is 0 Å². The van der Waals surface area contributed by atoms with Crippen LogP contribution in [0, 0.1) is 17.4 Å². The Bertz CT molecular complexity index is 771. The molecular formula is C16H14ClN3O2S. The summed E-state index contributed by atoms with van der Waals surface area (Å²) in [7, 11) is 0. The summed E-state index contributed by atoms with van der Waals surface area (Å²) >= 11 is 7.44. The third-order valence-corrected chi connectivity index (χ3v) is 5.28. The zero-order chi connectivity index (χ0) is 16.4. The molecule has 118 valence electrons. The van der Waals surface area contributed by atoms with Gasteiger partial charge in [-0.25, -0.2) is 4.98 Å². The first-order chi connectivity index (χ1) is 11.1. The fourth-order valence-electron chi connectivity index (χ4n) is 2.64. The molecule has 0 saturated carbocycles. The number of thiazole rings is 1. The molecule has 23 heavy (non-hydrogen) atoms. The molecule has 1 aliphatic rings. The molecule has 0 unspecified atom stereocenters. The molecule has 0 aliphatic carbocycles. The van der Waals surface area contributed by atoms with Gasteiger partial charge in [-0.1, -0.05) is 29.8 Å². The predicted molar refractivity (Wildman–Crippen MR) is 88.2 cm³/mol. The van der Waals surface area contributed by atoms with E-state index in [1.54, 1.807) is 12.3 Å². The Balaban J connectivity index is 1.72. The lowest BCUT2D eigenvalue weighted by Gasteiger charge is -2.10. The van der Waals surface area contributed by atoms with Gasteiger partial charge in [0.25, 0.3) is 0 Å². The first-order valence-corrected chi connectivity index (χ1v) is 8.34. The van der Waals surface area contributed by atoms with Crippen molar-refractivity contribution in [1.82, 2.24) is 9.88 Å². The fraction of sp³-hybridized carbons (Fsp3) is 0.312. The molecule has 3 rings (SSSR count). The Morgan fingerprint density at radius 3 is 2.96 bits per heavy atom. The summed E-state index contributed by atoms with van der Waals surface area (Å²) in [6, 6.07) is 7.36. The first kappa shape index (κ1) is 15.9. The number of benzene rings is 1. The summed E-state index contributed by atoms with van der Waals surface area (Å²) in [4.78, 5) is 18.7. The van der Waals surface area contributed by atoms with Crippen molar-refractivity contribution >= 4 is 28.7 Å². The van der Waals surface area contributed by atoms with E-state index in [1.165, 1.54) is 16.2 Å². The van der Waals surface area contributed by atoms with Crippen LogP contribution in [-0.4, -0.2) is 40.0 Å². The molecule has 2 aromatic rings. The number of likely N-dealkylation sites (tertiary alicyclic amines) is 1. The van der Waals surface area contributed by atoms with Crippen molar-refractivity contribution in [3.63, 3.8) is 0 Å². The number of Topliss-reactive ketones (excluding diaryl/α,β-unsaturated/α-hetero) is 1. The van der Waals surface area contributed by atoms with Crippen LogP contribution in [0.2, 0.25) is 5.02 Å². The van der Waals surface area contributed by atoms with E-state index in [4.69, 9.17) is 16.9 Å². The van der Waals surface area contributed by atoms with Crippen molar-refractivity contribution in [1.29, 1.82) is 5.26 Å². The highest BCUT2D eigenvalue weighted by atomic mass is 35.5. The van der Waals surface area contributed by atoms with Gasteiger partial charge < -0.3 is 10.0 Å². The lowest BCUT2D eigenvalue weighted by atomic mass is 9.99. The Morgan fingerprint density at radius 2 is 2.26 bits per heavy atom. The van der Waals surface area contributed by atoms with Gasteiger partial charge in [-0.2, -0.15) is 5.26 Å². The SMILES string of the molecule is N#CN1C[C@H](CC(=O)c2cnc(-c3ccccc3Cl)s2)[C@@H](O)C1. The maximum atomic E-state index is 12.4. The van der Waals surface area contributed by atoms with Crippen molar-refractivity contribution in [2.45, 2.75) is 12.5 Å². The number of nitrogens with zero attached hydrogens (tertiary/aromatic N) is 3. The topological polar surface area (TPSA) is 77.2 Å². The number of nitriles is 1. The van der Waals surface area contributed by atoms with Crippen LogP contribution >= 0.6 is 22.9 Å². The van der Waals surface area contributed by atoms with Crippen LogP contribution < -0.4 is 0 Å². The number of carbonyl (C=O) groups excluding carboxylic acids is 1. The monoisotopic (exact) mass is 347 g/mol. The van der Waals surface area contributed by atoms with E-state index in [9.17, 15) is 9.90 Å². The van der Waals surface area contributed by atoms with E-state index in [-0.39, 0.29) is 18.1 Å². The second kappa shape index (κ2) is 6.67. The van der Waals surface area contributed by atoms with E-state index < -0.39 is 6.10 Å². The number of β-amino-alcohol motifs (C(OH)–C–C–N with tert-alkyl or cyclic N) is 1. The number of hydrogen-bond acceptors (Lipinski definition) is 6. The average Bonchev–Trinajstić information content (AvgIpc) is 3.15. The van der Waals surface area contributed by atoms with Gasteiger partial charge in [-0.15, -0.1) is 11.3 Å². The van der Waals surface area contributed by atoms with E-state index in [2.05, 4.69) is 4.98 Å². The third-order valence-electron chi connectivity index (χ3n) is 3.88. The largest absolute Gasteiger partial charge is 0.391 e. The zero-order valence-corrected chi connectivity index (χ0v) is 13.7. The smallest absolute Gasteiger partial charge is 0.179 e. The second-order valence-electron chi connectivity index (χ2n) is 5.47. The standard InChI is InChI=1S/C16H14ClN3O2S/c17-12-4-2-1-3-11(12)16-19-6-15(23-16)13(21)5-10-7-20(9-18)8-14(10)22/h1-4,6,10,14,22H,5,7-8H2/t10-,14-/m0/s1. The molecule has 2 atom stereocenters. The van der Waals surface area contributed by atoms with Gasteiger partial charge in [0.1, 0.15) is 5.01 Å². The first-order valence-electron chi connectivity index (χ1n) is 7.15. The average molecular weight is 348 g/mol. The van der Waals surface area contributed by atoms with Gasteiger partial charge in [0.15, 0.2) is 12.0 Å². The highest BCUT2D eigenvalue weighted by Gasteiger charge is 2.33. The zero-order valence-electron chi connectivity index (χ0n) is 12.1. The second-order valence-corrected chi connectivity index (χ2v) is 6.91. The number of carbonyl (C=O) groups is 1. The molecule has 1 fully saturated rings. The van der Waals surface area contributed by atoms with Crippen molar-refractivity contribution in [2.24, 2.45) is 5.92 Å². The lowest BCUT2D eigenvalue weighted by Crippen LogP contribution is -2.20. The highest BCUT2D eigenvalue weighted by Crippen LogP contribution is 2.32. The summed E-state index contributed by atoms with van der Waals surface area (Å²) in [5, 5.41) is 20.1. The van der Waals surface area contributed by atoms with Gasteiger partial charge in [0.2, 0.25) is 0 Å². The van der Waals surface area contributed by atoms with Crippen LogP contribution in [0.5, 0.6) is 0 Å². The molecule has 1 saturated heterocycles. The van der Waals surface area contributed by atoms with Crippen molar-refractivity contribution in [2.75, 3.05) is 13.1 Å². The normalized spacial score (nSPS) is 20.5. The van der Waals surface area contributed by atoms with Gasteiger partial charge in [0.05, 0.1) is 22.5 Å². The van der Waals surface area contributed by atoms with Gasteiger partial charge in [-0.3, -0.25) is 4.79 Å². The van der Waals surface area contributed by atoms with Gasteiger partial charge in [0, 0.05) is 30.6 Å². The maximum absolute atomic E-state index is 12.4. The summed E-state index contributed by atoms with van der Waals surface area (Å²) < 4.78 is 0. The number of aliphatic hydroxyl groups excluding tert-OH is 1. The number of halogens is 1. The van der Waals surface area contributed by atoms with Crippen molar-refractivity contribution in [3.05, 3.63) is 40.4 Å². The highest BCUT2D eigenvalue weighted by molar-refractivity contribution is 7.17. The number of aliphatic hydroxyl groups is 1. The summed E-state index contributed by atoms with van der Waals surface area (Å²) in [5.41, 5.74) is 0.801.